The Morgan fingerprint density at radius 2 is 1.83 bits per heavy atom. The van der Waals surface area contributed by atoms with Gasteiger partial charge in [0, 0.05) is 0 Å². The largest absolute Gasteiger partial charge is 0.512 e. The molecule has 0 aliphatic rings. The van der Waals surface area contributed by atoms with E-state index in [0.29, 0.717) is 5.76 Å². The Morgan fingerprint density at radius 3 is 2.17 bits per heavy atom. The molecular formula is C11H18O. The molecule has 0 heterocycles. The molecule has 1 heteroatoms. The second-order valence-corrected chi connectivity index (χ2v) is 2.82. The van der Waals surface area contributed by atoms with Crippen molar-refractivity contribution in [2.24, 2.45) is 0 Å². The molecule has 68 valence electrons. The van der Waals surface area contributed by atoms with E-state index in [1.165, 1.54) is 5.57 Å². The maximum absolute atomic E-state index is 9.09. The van der Waals surface area contributed by atoms with Crippen molar-refractivity contribution in [1.29, 1.82) is 0 Å². The van der Waals surface area contributed by atoms with Crippen molar-refractivity contribution in [2.75, 3.05) is 0 Å². The number of allylic oxidation sites excluding steroid dienone is 6. The highest BCUT2D eigenvalue weighted by atomic mass is 16.3. The second kappa shape index (κ2) is 5.64. The van der Waals surface area contributed by atoms with Gasteiger partial charge in [0.2, 0.25) is 0 Å². The molecule has 0 unspecified atom stereocenters. The normalized spacial score (nSPS) is 15.2. The van der Waals surface area contributed by atoms with E-state index in [-0.39, 0.29) is 0 Å². The van der Waals surface area contributed by atoms with Gasteiger partial charge in [-0.3, -0.25) is 0 Å². The van der Waals surface area contributed by atoms with Gasteiger partial charge in [-0.2, -0.15) is 0 Å². The fourth-order valence-electron chi connectivity index (χ4n) is 0.771. The fraction of sp³-hybridized carbons (Fsp3) is 0.455. The van der Waals surface area contributed by atoms with Gasteiger partial charge in [0.1, 0.15) is 0 Å². The standard InChI is InChI=1S/C11H18O/c1-5-11(6-2)8-7-9(3)10(4)12/h5,7-8,12H,6H2,1-4H3/b8-7-,10-9+,11-5-. The van der Waals surface area contributed by atoms with Crippen molar-refractivity contribution in [3.8, 4) is 0 Å². The van der Waals surface area contributed by atoms with Crippen LogP contribution in [-0.2, 0) is 0 Å². The Bertz CT molecular complexity index is 215. The predicted octanol–water partition coefficient (Wildman–Crippen LogP) is 3.75. The van der Waals surface area contributed by atoms with Crippen LogP contribution in [-0.4, -0.2) is 5.11 Å². The maximum atomic E-state index is 9.09. The molecule has 0 rings (SSSR count). The SMILES string of the molecule is C\C=C(/C=C\C(C)=C(/C)O)CC. The van der Waals surface area contributed by atoms with Gasteiger partial charge in [-0.25, -0.2) is 0 Å². The van der Waals surface area contributed by atoms with Crippen molar-refractivity contribution in [1.82, 2.24) is 0 Å². The molecule has 12 heavy (non-hydrogen) atoms. The summed E-state index contributed by atoms with van der Waals surface area (Å²) in [4.78, 5) is 0. The van der Waals surface area contributed by atoms with Crippen molar-refractivity contribution in [3.05, 3.63) is 35.1 Å². The van der Waals surface area contributed by atoms with Crippen LogP contribution < -0.4 is 0 Å². The molecular weight excluding hydrogens is 148 g/mol. The highest BCUT2D eigenvalue weighted by Crippen LogP contribution is 2.06. The molecule has 0 atom stereocenters. The predicted molar refractivity (Wildman–Crippen MR) is 54.2 cm³/mol. The summed E-state index contributed by atoms with van der Waals surface area (Å²) in [7, 11) is 0. The number of hydrogen-bond acceptors (Lipinski definition) is 1. The minimum Gasteiger partial charge on any atom is -0.512 e. The fourth-order valence-corrected chi connectivity index (χ4v) is 0.771. The van der Waals surface area contributed by atoms with Crippen LogP contribution in [0.25, 0.3) is 0 Å². The van der Waals surface area contributed by atoms with E-state index in [2.05, 4.69) is 13.0 Å². The van der Waals surface area contributed by atoms with Crippen LogP contribution in [0.1, 0.15) is 34.1 Å². The monoisotopic (exact) mass is 166 g/mol. The Kier molecular flexibility index (Phi) is 5.18. The molecule has 1 N–H and O–H groups in total. The number of hydrogen-bond donors (Lipinski definition) is 1. The zero-order chi connectivity index (χ0) is 9.56. The molecule has 0 aromatic heterocycles. The summed E-state index contributed by atoms with van der Waals surface area (Å²) in [5.74, 6) is 0.387. The average molecular weight is 166 g/mol. The van der Waals surface area contributed by atoms with Gasteiger partial charge in [0.15, 0.2) is 0 Å². The smallest absolute Gasteiger partial charge is 0.0920 e. The lowest BCUT2D eigenvalue weighted by molar-refractivity contribution is 0.409. The Balaban J connectivity index is 4.35. The molecule has 0 saturated carbocycles. The molecule has 0 aromatic carbocycles. The summed E-state index contributed by atoms with van der Waals surface area (Å²) in [5, 5.41) is 9.09. The first kappa shape index (κ1) is 11.0. The molecule has 1 nitrogen and oxygen atoms in total. The van der Waals surface area contributed by atoms with E-state index in [4.69, 9.17) is 5.11 Å². The second-order valence-electron chi connectivity index (χ2n) is 2.82. The highest BCUT2D eigenvalue weighted by Gasteiger charge is 1.89. The van der Waals surface area contributed by atoms with Gasteiger partial charge >= 0.3 is 0 Å². The third-order valence-corrected chi connectivity index (χ3v) is 1.90. The number of rotatable bonds is 3. The lowest BCUT2D eigenvalue weighted by Gasteiger charge is -1.96. The maximum Gasteiger partial charge on any atom is 0.0920 e. The zero-order valence-corrected chi connectivity index (χ0v) is 8.39. The van der Waals surface area contributed by atoms with E-state index in [9.17, 15) is 0 Å². The molecule has 0 aliphatic heterocycles. The van der Waals surface area contributed by atoms with Gasteiger partial charge in [0.05, 0.1) is 5.76 Å². The van der Waals surface area contributed by atoms with Crippen LogP contribution in [0.5, 0.6) is 0 Å². The van der Waals surface area contributed by atoms with E-state index in [1.54, 1.807) is 6.92 Å². The lowest BCUT2D eigenvalue weighted by Crippen LogP contribution is -1.78. The van der Waals surface area contributed by atoms with Crippen molar-refractivity contribution < 1.29 is 5.11 Å². The van der Waals surface area contributed by atoms with Crippen LogP contribution in [0, 0.1) is 0 Å². The first-order valence-electron chi connectivity index (χ1n) is 4.31. The van der Waals surface area contributed by atoms with Gasteiger partial charge in [-0.1, -0.05) is 30.7 Å². The van der Waals surface area contributed by atoms with Crippen LogP contribution in [0.2, 0.25) is 0 Å². The summed E-state index contributed by atoms with van der Waals surface area (Å²) >= 11 is 0. The van der Waals surface area contributed by atoms with E-state index >= 15 is 0 Å². The summed E-state index contributed by atoms with van der Waals surface area (Å²) in [5.41, 5.74) is 2.21. The summed E-state index contributed by atoms with van der Waals surface area (Å²) in [6, 6.07) is 0. The first-order chi connectivity index (χ1) is 5.61. The molecule has 0 fully saturated rings. The molecule has 0 aromatic rings. The first-order valence-corrected chi connectivity index (χ1v) is 4.31. The van der Waals surface area contributed by atoms with Gasteiger partial charge in [0.25, 0.3) is 0 Å². The Morgan fingerprint density at radius 1 is 1.25 bits per heavy atom. The number of aliphatic hydroxyl groups excluding tert-OH is 1. The quantitative estimate of drug-likeness (QED) is 0.500. The van der Waals surface area contributed by atoms with Crippen molar-refractivity contribution in [3.63, 3.8) is 0 Å². The summed E-state index contributed by atoms with van der Waals surface area (Å²) < 4.78 is 0. The minimum atomic E-state index is 0.387. The van der Waals surface area contributed by atoms with Crippen molar-refractivity contribution in [2.45, 2.75) is 34.1 Å². The molecule has 0 saturated heterocycles. The molecule has 0 bridgehead atoms. The third kappa shape index (κ3) is 4.02. The summed E-state index contributed by atoms with van der Waals surface area (Å²) in [6.45, 7) is 7.73. The van der Waals surface area contributed by atoms with Crippen molar-refractivity contribution >= 4 is 0 Å². The number of aliphatic hydroxyl groups is 1. The van der Waals surface area contributed by atoms with E-state index in [1.807, 2.05) is 26.0 Å². The van der Waals surface area contributed by atoms with E-state index < -0.39 is 0 Å². The van der Waals surface area contributed by atoms with Crippen LogP contribution in [0.3, 0.4) is 0 Å². The Labute approximate surface area is 75.1 Å². The molecule has 0 spiro atoms. The topological polar surface area (TPSA) is 20.2 Å². The Hall–Kier alpha value is -0.980. The van der Waals surface area contributed by atoms with Crippen LogP contribution in [0.4, 0.5) is 0 Å². The van der Waals surface area contributed by atoms with Crippen LogP contribution >= 0.6 is 0 Å². The van der Waals surface area contributed by atoms with Gasteiger partial charge in [-0.15, -0.1) is 0 Å². The van der Waals surface area contributed by atoms with Crippen LogP contribution in [0.15, 0.2) is 35.1 Å². The van der Waals surface area contributed by atoms with E-state index in [0.717, 1.165) is 12.0 Å². The lowest BCUT2D eigenvalue weighted by atomic mass is 10.1. The van der Waals surface area contributed by atoms with Gasteiger partial charge in [-0.05, 0) is 32.8 Å². The molecule has 0 amide bonds. The average Bonchev–Trinajstić information content (AvgIpc) is 2.05. The third-order valence-electron chi connectivity index (χ3n) is 1.90. The highest BCUT2D eigenvalue weighted by molar-refractivity contribution is 5.27. The van der Waals surface area contributed by atoms with Gasteiger partial charge < -0.3 is 5.11 Å². The minimum absolute atomic E-state index is 0.387. The molecule has 0 radical (unpaired) electrons. The summed E-state index contributed by atoms with van der Waals surface area (Å²) in [6.07, 6.45) is 7.09. The zero-order valence-electron chi connectivity index (χ0n) is 8.39. The molecule has 0 aliphatic carbocycles.